The average Bonchev–Trinajstić information content (AvgIpc) is 2.37. The first-order valence-electron chi connectivity index (χ1n) is 5.96. The molecule has 0 saturated carbocycles. The summed E-state index contributed by atoms with van der Waals surface area (Å²) in [7, 11) is -2.88. The molecule has 1 aromatic carbocycles. The minimum atomic E-state index is -2.88. The van der Waals surface area contributed by atoms with E-state index in [0.29, 0.717) is 5.56 Å². The van der Waals surface area contributed by atoms with Crippen LogP contribution in [-0.4, -0.2) is 10.7 Å². The average molecular weight is 272 g/mol. The van der Waals surface area contributed by atoms with Crippen molar-refractivity contribution in [1.29, 1.82) is 0 Å². The van der Waals surface area contributed by atoms with Crippen molar-refractivity contribution in [2.24, 2.45) is 0 Å². The number of unbranched alkanes of at least 4 members (excludes halogenated alkanes) is 1. The van der Waals surface area contributed by atoms with E-state index in [2.05, 4.69) is 18.4 Å². The Hall–Kier alpha value is -0.960. The number of benzene rings is 1. The van der Waals surface area contributed by atoms with E-state index in [4.69, 9.17) is 4.89 Å². The molecule has 5 heteroatoms. The molecule has 102 valence electrons. The fraction of sp³-hybridized carbons (Fsp3) is 0.462. The lowest BCUT2D eigenvalue weighted by molar-refractivity contribution is 0.101. The second kappa shape index (κ2) is 10.0. The highest BCUT2D eigenvalue weighted by Gasteiger charge is 1.99. The van der Waals surface area contributed by atoms with Crippen LogP contribution in [0, 0.1) is 0 Å². The third-order valence-corrected chi connectivity index (χ3v) is 2.61. The largest absolute Gasteiger partial charge is 0.326 e. The Balaban J connectivity index is 0.000000631. The minimum absolute atomic E-state index is 0.00629. The van der Waals surface area contributed by atoms with Crippen LogP contribution in [0.4, 0.5) is 0 Å². The van der Waals surface area contributed by atoms with Crippen LogP contribution in [-0.2, 0) is 15.7 Å². The van der Waals surface area contributed by atoms with E-state index in [1.54, 1.807) is 24.3 Å². The van der Waals surface area contributed by atoms with E-state index < -0.39 is 8.25 Å². The third-order valence-electron chi connectivity index (χ3n) is 2.22. The van der Waals surface area contributed by atoms with E-state index in [1.165, 1.54) is 19.8 Å². The fourth-order valence-electron chi connectivity index (χ4n) is 0.981. The van der Waals surface area contributed by atoms with E-state index in [0.717, 1.165) is 5.56 Å². The van der Waals surface area contributed by atoms with Gasteiger partial charge >= 0.3 is 8.25 Å². The molecule has 1 aromatic rings. The normalized spacial score (nSPS) is 11.3. The highest BCUT2D eigenvalue weighted by molar-refractivity contribution is 7.32. The molecule has 0 saturated heterocycles. The zero-order valence-electron chi connectivity index (χ0n) is 11.1. The van der Waals surface area contributed by atoms with Crippen molar-refractivity contribution in [2.45, 2.75) is 40.2 Å². The molecular weight excluding hydrogens is 251 g/mol. The zero-order chi connectivity index (χ0) is 14.0. The second-order valence-corrected chi connectivity index (χ2v) is 4.63. The SMILES string of the molecule is CC(=O)c1ccc(CO[PH](=O)O)cc1.CCCC. The van der Waals surface area contributed by atoms with Gasteiger partial charge in [-0.15, -0.1) is 0 Å². The highest BCUT2D eigenvalue weighted by atomic mass is 31.1. The molecule has 4 nitrogen and oxygen atoms in total. The Morgan fingerprint density at radius 2 is 1.72 bits per heavy atom. The standard InChI is InChI=1S/C9H11O4P.C4H10/c1-7(10)9-4-2-8(3-5-9)6-13-14(11)12;1-3-4-2/h2-5,14H,6H2,1H3,(H,11,12);3-4H2,1-2H3. The summed E-state index contributed by atoms with van der Waals surface area (Å²) in [6.07, 6.45) is 2.64. The molecule has 0 aliphatic carbocycles. The Labute approximate surface area is 109 Å². The van der Waals surface area contributed by atoms with Gasteiger partial charge in [-0.05, 0) is 12.5 Å². The van der Waals surface area contributed by atoms with E-state index in [1.807, 2.05) is 0 Å². The second-order valence-electron chi connectivity index (χ2n) is 3.81. The molecule has 1 unspecified atom stereocenters. The third kappa shape index (κ3) is 8.18. The molecule has 18 heavy (non-hydrogen) atoms. The molecule has 0 aliphatic heterocycles. The zero-order valence-corrected chi connectivity index (χ0v) is 12.1. The number of hydrogen-bond acceptors (Lipinski definition) is 3. The molecule has 0 aliphatic rings. The van der Waals surface area contributed by atoms with Gasteiger partial charge in [-0.2, -0.15) is 0 Å². The van der Waals surface area contributed by atoms with Crippen LogP contribution >= 0.6 is 8.25 Å². The number of Topliss-reactive ketones (excluding diaryl/α,β-unsaturated/α-hetero) is 1. The molecular formula is C13H21O4P. The van der Waals surface area contributed by atoms with Crippen LogP contribution in [0.1, 0.15) is 49.5 Å². The maximum Gasteiger partial charge on any atom is 0.316 e. The van der Waals surface area contributed by atoms with Crippen molar-refractivity contribution in [3.05, 3.63) is 35.4 Å². The molecule has 1 rings (SSSR count). The highest BCUT2D eigenvalue weighted by Crippen LogP contribution is 2.18. The number of hydrogen-bond donors (Lipinski definition) is 1. The van der Waals surface area contributed by atoms with E-state index in [9.17, 15) is 9.36 Å². The molecule has 0 heterocycles. The predicted molar refractivity (Wildman–Crippen MR) is 73.0 cm³/mol. The molecule has 0 radical (unpaired) electrons. The van der Waals surface area contributed by atoms with Crippen molar-refractivity contribution in [3.8, 4) is 0 Å². The maximum absolute atomic E-state index is 10.9. The van der Waals surface area contributed by atoms with E-state index >= 15 is 0 Å². The Morgan fingerprint density at radius 1 is 1.22 bits per heavy atom. The van der Waals surface area contributed by atoms with Gasteiger partial charge in [0.25, 0.3) is 0 Å². The summed E-state index contributed by atoms with van der Waals surface area (Å²) in [4.78, 5) is 19.3. The van der Waals surface area contributed by atoms with Gasteiger partial charge in [0.05, 0.1) is 6.61 Å². The summed E-state index contributed by atoms with van der Waals surface area (Å²) in [6, 6.07) is 6.72. The van der Waals surface area contributed by atoms with Crippen LogP contribution in [0.5, 0.6) is 0 Å². The van der Waals surface area contributed by atoms with Gasteiger partial charge in [-0.1, -0.05) is 51.0 Å². The van der Waals surface area contributed by atoms with Crippen LogP contribution < -0.4 is 0 Å². The molecule has 0 spiro atoms. The topological polar surface area (TPSA) is 63.6 Å². The number of ketones is 1. The minimum Gasteiger partial charge on any atom is -0.326 e. The summed E-state index contributed by atoms with van der Waals surface area (Å²) in [5.74, 6) is -0.00629. The summed E-state index contributed by atoms with van der Waals surface area (Å²) in [5.41, 5.74) is 1.38. The van der Waals surface area contributed by atoms with Gasteiger partial charge in [-0.3, -0.25) is 9.36 Å². The van der Waals surface area contributed by atoms with Crippen molar-refractivity contribution in [2.75, 3.05) is 0 Å². The number of carbonyl (C=O) groups excluding carboxylic acids is 1. The van der Waals surface area contributed by atoms with Crippen LogP contribution in [0.25, 0.3) is 0 Å². The van der Waals surface area contributed by atoms with Crippen molar-refractivity contribution in [3.63, 3.8) is 0 Å². The first-order valence-corrected chi connectivity index (χ1v) is 7.23. The quantitative estimate of drug-likeness (QED) is 0.657. The van der Waals surface area contributed by atoms with Crippen LogP contribution in [0.2, 0.25) is 0 Å². The van der Waals surface area contributed by atoms with Gasteiger partial charge in [0.2, 0.25) is 0 Å². The Morgan fingerprint density at radius 3 is 2.06 bits per heavy atom. The van der Waals surface area contributed by atoms with E-state index in [-0.39, 0.29) is 12.4 Å². The molecule has 0 amide bonds. The number of carbonyl (C=O) groups is 1. The first-order chi connectivity index (χ1) is 8.51. The van der Waals surface area contributed by atoms with Crippen LogP contribution in [0.15, 0.2) is 24.3 Å². The van der Waals surface area contributed by atoms with Crippen LogP contribution in [0.3, 0.4) is 0 Å². The Kier molecular flexibility index (Phi) is 9.47. The fourth-order valence-corrected chi connectivity index (χ4v) is 1.27. The molecule has 1 N–H and O–H groups in total. The lowest BCUT2D eigenvalue weighted by Gasteiger charge is -2.01. The van der Waals surface area contributed by atoms with Gasteiger partial charge in [0.15, 0.2) is 5.78 Å². The lowest BCUT2D eigenvalue weighted by atomic mass is 10.1. The molecule has 1 atom stereocenters. The molecule has 0 aromatic heterocycles. The van der Waals surface area contributed by atoms with Gasteiger partial charge < -0.3 is 9.42 Å². The monoisotopic (exact) mass is 272 g/mol. The lowest BCUT2D eigenvalue weighted by Crippen LogP contribution is -1.92. The number of rotatable bonds is 5. The van der Waals surface area contributed by atoms with Crippen molar-refractivity contribution >= 4 is 14.0 Å². The predicted octanol–water partition coefficient (Wildman–Crippen LogP) is 3.59. The summed E-state index contributed by atoms with van der Waals surface area (Å²) in [6.45, 7) is 5.93. The molecule has 0 bridgehead atoms. The summed E-state index contributed by atoms with van der Waals surface area (Å²) < 4.78 is 14.8. The van der Waals surface area contributed by atoms with Gasteiger partial charge in [0, 0.05) is 5.56 Å². The molecule has 0 fully saturated rings. The van der Waals surface area contributed by atoms with Gasteiger partial charge in [-0.25, -0.2) is 0 Å². The maximum atomic E-state index is 10.9. The smallest absolute Gasteiger partial charge is 0.316 e. The van der Waals surface area contributed by atoms with Crippen molar-refractivity contribution < 1.29 is 18.8 Å². The summed E-state index contributed by atoms with van der Waals surface area (Å²) in [5, 5.41) is 0. The Bertz CT molecular complexity index is 371. The van der Waals surface area contributed by atoms with Crippen molar-refractivity contribution in [1.82, 2.24) is 0 Å². The summed E-state index contributed by atoms with van der Waals surface area (Å²) >= 11 is 0. The van der Waals surface area contributed by atoms with Gasteiger partial charge in [0.1, 0.15) is 0 Å². The first kappa shape index (κ1) is 17.0.